The fourth-order valence-corrected chi connectivity index (χ4v) is 5.29. The summed E-state index contributed by atoms with van der Waals surface area (Å²) in [5, 5.41) is 0. The zero-order valence-corrected chi connectivity index (χ0v) is 27.8. The number of rotatable bonds is 3. The molecule has 4 aromatic carbocycles. The molecule has 0 aliphatic carbocycles. The Kier molecular flexibility index (Phi) is 9.54. The molecule has 221 valence electrons. The fraction of sp³-hybridized carbons (Fsp3) is 0.150. The Hall–Kier alpha value is -4.37. The molecule has 1 aliphatic rings. The number of aryl methyl sites for hydroxylation is 1. The van der Waals surface area contributed by atoms with Crippen LogP contribution in [0.15, 0.2) is 122 Å². The number of fused-ring (bicyclic) bond motifs is 5. The summed E-state index contributed by atoms with van der Waals surface area (Å²) in [5.41, 5.74) is 11.2. The molecule has 0 bridgehead atoms. The van der Waals surface area contributed by atoms with Crippen LogP contribution in [0.3, 0.4) is 0 Å². The molecule has 1 radical (unpaired) electrons. The third kappa shape index (κ3) is 7.22. The zero-order valence-electron chi connectivity index (χ0n) is 25.4. The molecular formula is C40H34IrN2O-2. The van der Waals surface area contributed by atoms with Gasteiger partial charge < -0.3 is 14.7 Å². The number of pyridine rings is 2. The molecule has 7 rings (SSSR count). The van der Waals surface area contributed by atoms with Gasteiger partial charge in [0.05, 0.1) is 5.75 Å². The van der Waals surface area contributed by atoms with Crippen molar-refractivity contribution in [3.05, 3.63) is 145 Å². The molecule has 0 atom stereocenters. The van der Waals surface area contributed by atoms with Gasteiger partial charge in [0.15, 0.2) is 0 Å². The van der Waals surface area contributed by atoms with E-state index in [9.17, 15) is 0 Å². The molecule has 0 spiro atoms. The van der Waals surface area contributed by atoms with Crippen LogP contribution in [0.2, 0.25) is 0 Å². The Labute approximate surface area is 274 Å². The summed E-state index contributed by atoms with van der Waals surface area (Å²) in [6, 6.07) is 43.5. The molecular weight excluding hydrogens is 717 g/mol. The summed E-state index contributed by atoms with van der Waals surface area (Å²) in [6.07, 6.45) is 4.78. The van der Waals surface area contributed by atoms with Crippen molar-refractivity contribution in [3.63, 3.8) is 0 Å². The van der Waals surface area contributed by atoms with E-state index in [0.717, 1.165) is 51.6 Å². The van der Waals surface area contributed by atoms with E-state index in [1.54, 1.807) is 0 Å². The van der Waals surface area contributed by atoms with Crippen LogP contribution in [-0.4, -0.2) is 9.97 Å². The van der Waals surface area contributed by atoms with Gasteiger partial charge in [0.1, 0.15) is 5.75 Å². The molecule has 3 nitrogen and oxygen atoms in total. The molecule has 44 heavy (non-hydrogen) atoms. The van der Waals surface area contributed by atoms with Crippen molar-refractivity contribution >= 4 is 0 Å². The van der Waals surface area contributed by atoms with Crippen molar-refractivity contribution in [2.24, 2.45) is 5.41 Å². The van der Waals surface area contributed by atoms with Crippen molar-refractivity contribution in [1.82, 2.24) is 9.97 Å². The summed E-state index contributed by atoms with van der Waals surface area (Å²) in [5.74, 6) is 1.69. The molecule has 0 saturated carbocycles. The standard InChI is InChI=1S/C28H24NO.C12H10N.Ir/c1-28(2,3)18-19-14-15-29-25(16-19)20-12-13-27-24(17-20)22-9-5-4-8-21(22)23-10-6-7-11-26(23)30-27;1-10-7-8-12(13-9-10)11-5-3-2-4-6-11;/h4-11,13-17H,18H2,1-3H3;2-5,7-9H,1H3;/q2*-1;. The molecule has 0 N–H and O–H groups in total. The second-order valence-corrected chi connectivity index (χ2v) is 12.1. The third-order valence-electron chi connectivity index (χ3n) is 7.26. The molecule has 0 fully saturated rings. The first-order valence-corrected chi connectivity index (χ1v) is 14.6. The van der Waals surface area contributed by atoms with Gasteiger partial charge in [0.25, 0.3) is 0 Å². The van der Waals surface area contributed by atoms with Gasteiger partial charge >= 0.3 is 0 Å². The Morgan fingerprint density at radius 1 is 0.659 bits per heavy atom. The van der Waals surface area contributed by atoms with E-state index >= 15 is 0 Å². The molecule has 0 amide bonds. The van der Waals surface area contributed by atoms with Crippen molar-refractivity contribution in [2.45, 2.75) is 34.1 Å². The summed E-state index contributed by atoms with van der Waals surface area (Å²) >= 11 is 0. The molecule has 3 heterocycles. The quantitative estimate of drug-likeness (QED) is 0.169. The number of hydrogen-bond acceptors (Lipinski definition) is 3. The van der Waals surface area contributed by atoms with Gasteiger partial charge in [-0.2, -0.15) is 0 Å². The minimum absolute atomic E-state index is 0. The maximum atomic E-state index is 6.31. The number of nitrogens with zero attached hydrogens (tertiary/aromatic N) is 2. The second kappa shape index (κ2) is 13.5. The second-order valence-electron chi connectivity index (χ2n) is 12.1. The van der Waals surface area contributed by atoms with Crippen LogP contribution >= 0.6 is 0 Å². The summed E-state index contributed by atoms with van der Waals surface area (Å²) in [4.78, 5) is 8.95. The molecule has 4 heteroatoms. The Balaban J connectivity index is 0.000000230. The van der Waals surface area contributed by atoms with Gasteiger partial charge in [0, 0.05) is 38.1 Å². The summed E-state index contributed by atoms with van der Waals surface area (Å²) < 4.78 is 6.31. The fourth-order valence-electron chi connectivity index (χ4n) is 5.29. The van der Waals surface area contributed by atoms with Gasteiger partial charge in [-0.05, 0) is 59.0 Å². The number of ether oxygens (including phenoxy) is 1. The maximum Gasteiger partial charge on any atom is 0.122 e. The third-order valence-corrected chi connectivity index (χ3v) is 7.26. The number of benzene rings is 4. The number of para-hydroxylation sites is 1. The van der Waals surface area contributed by atoms with E-state index in [1.165, 1.54) is 22.3 Å². The van der Waals surface area contributed by atoms with Gasteiger partial charge in [0.2, 0.25) is 0 Å². The smallest absolute Gasteiger partial charge is 0.122 e. The average molecular weight is 751 g/mol. The predicted molar refractivity (Wildman–Crippen MR) is 176 cm³/mol. The van der Waals surface area contributed by atoms with E-state index in [-0.39, 0.29) is 25.5 Å². The van der Waals surface area contributed by atoms with E-state index in [1.807, 2.05) is 67.8 Å². The van der Waals surface area contributed by atoms with Crippen LogP contribution in [-0.2, 0) is 26.5 Å². The largest absolute Gasteiger partial charge is 0.500 e. The van der Waals surface area contributed by atoms with Crippen molar-refractivity contribution in [1.29, 1.82) is 0 Å². The number of aromatic nitrogens is 2. The molecule has 0 saturated heterocycles. The normalized spacial score (nSPS) is 11.3. The molecule has 2 aromatic heterocycles. The van der Waals surface area contributed by atoms with Crippen molar-refractivity contribution in [3.8, 4) is 56.3 Å². The van der Waals surface area contributed by atoms with Gasteiger partial charge in [-0.25, -0.2) is 0 Å². The monoisotopic (exact) mass is 751 g/mol. The minimum Gasteiger partial charge on any atom is -0.500 e. The topological polar surface area (TPSA) is 35.0 Å². The molecule has 1 aliphatic heterocycles. The Morgan fingerprint density at radius 3 is 2.09 bits per heavy atom. The average Bonchev–Trinajstić information content (AvgIpc) is 3.16. The van der Waals surface area contributed by atoms with E-state index < -0.39 is 0 Å². The minimum atomic E-state index is 0. The van der Waals surface area contributed by atoms with Crippen LogP contribution in [0.4, 0.5) is 0 Å². The van der Waals surface area contributed by atoms with Crippen LogP contribution in [0, 0.1) is 24.5 Å². The van der Waals surface area contributed by atoms with Crippen LogP contribution in [0.5, 0.6) is 11.5 Å². The first-order valence-electron chi connectivity index (χ1n) is 14.6. The van der Waals surface area contributed by atoms with Crippen molar-refractivity contribution in [2.75, 3.05) is 0 Å². The van der Waals surface area contributed by atoms with Crippen LogP contribution in [0.1, 0.15) is 31.9 Å². The first kappa shape index (κ1) is 31.1. The number of hydrogen-bond donors (Lipinski definition) is 0. The summed E-state index contributed by atoms with van der Waals surface area (Å²) in [7, 11) is 0. The van der Waals surface area contributed by atoms with Gasteiger partial charge in [-0.1, -0.05) is 92.6 Å². The predicted octanol–water partition coefficient (Wildman–Crippen LogP) is 10.4. The Morgan fingerprint density at radius 2 is 1.39 bits per heavy atom. The van der Waals surface area contributed by atoms with E-state index in [2.05, 4.69) is 104 Å². The van der Waals surface area contributed by atoms with E-state index in [4.69, 9.17) is 4.74 Å². The van der Waals surface area contributed by atoms with Crippen LogP contribution < -0.4 is 4.74 Å². The van der Waals surface area contributed by atoms with Gasteiger partial charge in [-0.15, -0.1) is 59.7 Å². The maximum absolute atomic E-state index is 6.31. The van der Waals surface area contributed by atoms with E-state index in [0.29, 0.717) is 0 Å². The summed E-state index contributed by atoms with van der Waals surface area (Å²) in [6.45, 7) is 8.81. The Bertz CT molecular complexity index is 1860. The zero-order chi connectivity index (χ0) is 29.8. The SMILES string of the molecule is CC(C)(C)Cc1ccnc(-c2[c-]cc3c(c2)-c2ccccc2-c2ccccc2O3)c1.Cc1ccc(-c2[c-]cccc2)nc1.[Ir]. The van der Waals surface area contributed by atoms with Crippen LogP contribution in [0.25, 0.3) is 44.8 Å². The molecule has 0 unspecified atom stereocenters. The molecule has 6 aromatic rings. The van der Waals surface area contributed by atoms with Gasteiger partial charge in [-0.3, -0.25) is 0 Å². The first-order chi connectivity index (χ1) is 20.8. The van der Waals surface area contributed by atoms with Crippen molar-refractivity contribution < 1.29 is 24.8 Å².